The molecule has 0 radical (unpaired) electrons. The molecule has 116 valence electrons. The standard InChI is InChI=1S/C12H22N2O5S/c1-3-4-9(7-10(15)16)13-11(17)14-12(2)5-6-20(18,19)8-12/h9H,3-8H2,1-2H3,(H,15,16)(H2,13,14,17). The Morgan fingerprint density at radius 3 is 2.50 bits per heavy atom. The highest BCUT2D eigenvalue weighted by Crippen LogP contribution is 2.22. The number of aliphatic carboxylic acids is 1. The van der Waals surface area contributed by atoms with E-state index in [-0.39, 0.29) is 17.9 Å². The molecule has 1 aliphatic heterocycles. The maximum Gasteiger partial charge on any atom is 0.315 e. The first kappa shape index (κ1) is 16.7. The number of nitrogens with one attached hydrogen (secondary N) is 2. The Labute approximate surface area is 119 Å². The van der Waals surface area contributed by atoms with Crippen LogP contribution >= 0.6 is 0 Å². The molecule has 0 aromatic heterocycles. The second-order valence-corrected chi connectivity index (χ2v) is 7.77. The summed E-state index contributed by atoms with van der Waals surface area (Å²) in [6.45, 7) is 3.59. The smallest absolute Gasteiger partial charge is 0.315 e. The van der Waals surface area contributed by atoms with Crippen LogP contribution in [0.3, 0.4) is 0 Å². The van der Waals surface area contributed by atoms with Gasteiger partial charge in [-0.3, -0.25) is 4.79 Å². The summed E-state index contributed by atoms with van der Waals surface area (Å²) >= 11 is 0. The van der Waals surface area contributed by atoms with E-state index >= 15 is 0 Å². The van der Waals surface area contributed by atoms with Crippen molar-refractivity contribution in [1.29, 1.82) is 0 Å². The van der Waals surface area contributed by atoms with Gasteiger partial charge >= 0.3 is 12.0 Å². The number of carbonyl (C=O) groups is 2. The highest BCUT2D eigenvalue weighted by Gasteiger charge is 2.39. The maximum absolute atomic E-state index is 11.9. The van der Waals surface area contributed by atoms with Crippen molar-refractivity contribution in [2.45, 2.75) is 51.1 Å². The van der Waals surface area contributed by atoms with Crippen LogP contribution in [0.15, 0.2) is 0 Å². The first-order valence-corrected chi connectivity index (χ1v) is 8.49. The van der Waals surface area contributed by atoms with E-state index in [4.69, 9.17) is 5.11 Å². The molecule has 0 saturated carbocycles. The number of hydrogen-bond donors (Lipinski definition) is 3. The Kier molecular flexibility index (Phi) is 5.38. The van der Waals surface area contributed by atoms with E-state index in [1.165, 1.54) is 0 Å². The first-order valence-electron chi connectivity index (χ1n) is 6.67. The summed E-state index contributed by atoms with van der Waals surface area (Å²) < 4.78 is 22.9. The van der Waals surface area contributed by atoms with Crippen LogP contribution < -0.4 is 10.6 Å². The zero-order chi connectivity index (χ0) is 15.4. The second-order valence-electron chi connectivity index (χ2n) is 5.58. The van der Waals surface area contributed by atoms with E-state index in [9.17, 15) is 18.0 Å². The number of sulfone groups is 1. The molecule has 8 heteroatoms. The zero-order valence-electron chi connectivity index (χ0n) is 11.8. The molecule has 0 bridgehead atoms. The predicted molar refractivity (Wildman–Crippen MR) is 74.3 cm³/mol. The number of rotatable bonds is 6. The largest absolute Gasteiger partial charge is 0.481 e. The molecule has 0 aromatic carbocycles. The summed E-state index contributed by atoms with van der Waals surface area (Å²) in [5.41, 5.74) is -0.775. The molecule has 0 aliphatic carbocycles. The van der Waals surface area contributed by atoms with Crippen LogP contribution in [0.2, 0.25) is 0 Å². The molecular weight excluding hydrogens is 284 g/mol. The van der Waals surface area contributed by atoms with Gasteiger partial charge in [-0.15, -0.1) is 0 Å². The van der Waals surface area contributed by atoms with Crippen molar-refractivity contribution in [3.63, 3.8) is 0 Å². The number of carboxylic acids is 1. The highest BCUT2D eigenvalue weighted by atomic mass is 32.2. The van der Waals surface area contributed by atoms with Crippen LogP contribution in [0.4, 0.5) is 4.79 Å². The first-order chi connectivity index (χ1) is 9.16. The van der Waals surface area contributed by atoms with Gasteiger partial charge in [-0.1, -0.05) is 13.3 Å². The fourth-order valence-corrected chi connectivity index (χ4v) is 4.48. The molecule has 0 spiro atoms. The van der Waals surface area contributed by atoms with Gasteiger partial charge in [-0.25, -0.2) is 13.2 Å². The highest BCUT2D eigenvalue weighted by molar-refractivity contribution is 7.91. The lowest BCUT2D eigenvalue weighted by Gasteiger charge is -2.26. The minimum Gasteiger partial charge on any atom is -0.481 e. The van der Waals surface area contributed by atoms with Gasteiger partial charge < -0.3 is 15.7 Å². The normalized spacial score (nSPS) is 25.9. The molecule has 2 amide bonds. The van der Waals surface area contributed by atoms with E-state index in [2.05, 4.69) is 10.6 Å². The number of carbonyl (C=O) groups excluding carboxylic acids is 1. The van der Waals surface area contributed by atoms with E-state index in [1.807, 2.05) is 6.92 Å². The van der Waals surface area contributed by atoms with Gasteiger partial charge in [0.25, 0.3) is 0 Å². The summed E-state index contributed by atoms with van der Waals surface area (Å²) in [6.07, 6.45) is 1.55. The summed E-state index contributed by atoms with van der Waals surface area (Å²) in [4.78, 5) is 22.6. The SMILES string of the molecule is CCCC(CC(=O)O)NC(=O)NC1(C)CCS(=O)(=O)C1. The van der Waals surface area contributed by atoms with Crippen molar-refractivity contribution in [1.82, 2.24) is 10.6 Å². The lowest BCUT2D eigenvalue weighted by molar-refractivity contribution is -0.137. The molecule has 1 rings (SSSR count). The number of urea groups is 1. The topological polar surface area (TPSA) is 113 Å². The van der Waals surface area contributed by atoms with Crippen molar-refractivity contribution < 1.29 is 23.1 Å². The molecular formula is C12H22N2O5S. The Hall–Kier alpha value is -1.31. The van der Waals surface area contributed by atoms with Gasteiger partial charge in [0.05, 0.1) is 23.5 Å². The van der Waals surface area contributed by atoms with Gasteiger partial charge in [-0.2, -0.15) is 0 Å². The fourth-order valence-electron chi connectivity index (χ4n) is 2.39. The number of amides is 2. The second kappa shape index (κ2) is 6.43. The lowest BCUT2D eigenvalue weighted by Crippen LogP contribution is -2.53. The van der Waals surface area contributed by atoms with Gasteiger partial charge in [0.15, 0.2) is 9.84 Å². The van der Waals surface area contributed by atoms with Crippen LogP contribution in [0.25, 0.3) is 0 Å². The molecule has 1 aliphatic rings. The molecule has 1 heterocycles. The van der Waals surface area contributed by atoms with Gasteiger partial charge in [0.2, 0.25) is 0 Å². The van der Waals surface area contributed by atoms with E-state index in [1.54, 1.807) is 6.92 Å². The predicted octanol–water partition coefficient (Wildman–Crippen LogP) is 0.506. The third-order valence-electron chi connectivity index (χ3n) is 3.31. The lowest BCUT2D eigenvalue weighted by atomic mass is 10.0. The van der Waals surface area contributed by atoms with Crippen molar-refractivity contribution in [2.24, 2.45) is 0 Å². The Bertz CT molecular complexity index is 476. The van der Waals surface area contributed by atoms with Crippen molar-refractivity contribution in [3.8, 4) is 0 Å². The minimum atomic E-state index is -3.09. The molecule has 7 nitrogen and oxygen atoms in total. The van der Waals surface area contributed by atoms with Crippen molar-refractivity contribution in [2.75, 3.05) is 11.5 Å². The molecule has 20 heavy (non-hydrogen) atoms. The molecule has 0 aromatic rings. The Balaban J connectivity index is 2.55. The van der Waals surface area contributed by atoms with Crippen molar-refractivity contribution >= 4 is 21.8 Å². The quantitative estimate of drug-likeness (QED) is 0.661. The van der Waals surface area contributed by atoms with Crippen molar-refractivity contribution in [3.05, 3.63) is 0 Å². The summed E-state index contributed by atoms with van der Waals surface area (Å²) in [6, 6.07) is -0.955. The number of carboxylic acid groups (broad SMARTS) is 1. The Morgan fingerprint density at radius 2 is 2.05 bits per heavy atom. The molecule has 1 fully saturated rings. The molecule has 3 N–H and O–H groups in total. The fraction of sp³-hybridized carbons (Fsp3) is 0.833. The van der Waals surface area contributed by atoms with Crippen LogP contribution in [0.5, 0.6) is 0 Å². The number of hydrogen-bond acceptors (Lipinski definition) is 4. The molecule has 2 unspecified atom stereocenters. The minimum absolute atomic E-state index is 0.0668. The zero-order valence-corrected chi connectivity index (χ0v) is 12.6. The maximum atomic E-state index is 11.9. The summed E-state index contributed by atoms with van der Waals surface area (Å²) in [7, 11) is -3.09. The van der Waals surface area contributed by atoms with Crippen LogP contribution in [0.1, 0.15) is 39.5 Å². The monoisotopic (exact) mass is 306 g/mol. The summed E-state index contributed by atoms with van der Waals surface area (Å²) in [5.74, 6) is -0.986. The van der Waals surface area contributed by atoms with Gasteiger partial charge in [-0.05, 0) is 19.8 Å². The average Bonchev–Trinajstić information content (AvgIpc) is 2.51. The third kappa shape index (κ3) is 5.36. The molecule has 2 atom stereocenters. The van der Waals surface area contributed by atoms with Gasteiger partial charge in [0, 0.05) is 6.04 Å². The third-order valence-corrected chi connectivity index (χ3v) is 5.22. The Morgan fingerprint density at radius 1 is 1.40 bits per heavy atom. The van der Waals surface area contributed by atoms with Crippen LogP contribution in [0, 0.1) is 0 Å². The molecule has 1 saturated heterocycles. The van der Waals surface area contributed by atoms with E-state index in [0.717, 1.165) is 6.42 Å². The van der Waals surface area contributed by atoms with Crippen LogP contribution in [-0.4, -0.2) is 48.6 Å². The van der Waals surface area contributed by atoms with Gasteiger partial charge in [0.1, 0.15) is 0 Å². The average molecular weight is 306 g/mol. The summed E-state index contributed by atoms with van der Waals surface area (Å²) in [5, 5.41) is 14.0. The van der Waals surface area contributed by atoms with E-state index in [0.29, 0.717) is 12.8 Å². The van der Waals surface area contributed by atoms with Crippen LogP contribution in [-0.2, 0) is 14.6 Å². The van der Waals surface area contributed by atoms with E-state index < -0.39 is 33.4 Å².